The third-order valence-electron chi connectivity index (χ3n) is 2.78. The van der Waals surface area contributed by atoms with E-state index in [1.54, 1.807) is 36.4 Å². The van der Waals surface area contributed by atoms with Gasteiger partial charge in [0.2, 0.25) is 0 Å². The van der Waals surface area contributed by atoms with Crippen LogP contribution in [0.1, 0.15) is 16.8 Å². The van der Waals surface area contributed by atoms with Gasteiger partial charge in [-0.05, 0) is 36.4 Å². The Bertz CT molecular complexity index is 599. The second-order valence-corrected chi connectivity index (χ2v) is 4.80. The van der Waals surface area contributed by atoms with Gasteiger partial charge < -0.3 is 15.2 Å². The molecule has 110 valence electrons. The third-order valence-corrected chi connectivity index (χ3v) is 3.03. The number of halogens is 1. The fourth-order valence-corrected chi connectivity index (χ4v) is 1.88. The summed E-state index contributed by atoms with van der Waals surface area (Å²) in [5.74, 6) is 0.761. The molecule has 4 nitrogen and oxygen atoms in total. The monoisotopic (exact) mass is 305 g/mol. The first-order chi connectivity index (χ1) is 10.2. The van der Waals surface area contributed by atoms with Crippen LogP contribution in [-0.2, 0) is 0 Å². The smallest absolute Gasteiger partial charge is 0.252 e. The normalized spacial score (nSPS) is 10.1. The Labute approximate surface area is 128 Å². The van der Waals surface area contributed by atoms with Crippen molar-refractivity contribution in [2.45, 2.75) is 6.42 Å². The molecule has 0 saturated carbocycles. The first-order valence-corrected chi connectivity index (χ1v) is 6.94. The van der Waals surface area contributed by atoms with Crippen LogP contribution in [0.4, 0.5) is 0 Å². The number of amides is 1. The van der Waals surface area contributed by atoms with E-state index >= 15 is 0 Å². The molecule has 2 aromatic carbocycles. The maximum absolute atomic E-state index is 11.2. The number of nitrogens with two attached hydrogens (primary N) is 1. The molecule has 0 spiro atoms. The van der Waals surface area contributed by atoms with Crippen molar-refractivity contribution in [2.24, 2.45) is 5.73 Å². The Hall–Kier alpha value is -2.20. The molecule has 2 N–H and O–H groups in total. The van der Waals surface area contributed by atoms with E-state index in [1.165, 1.54) is 0 Å². The highest BCUT2D eigenvalue weighted by Crippen LogP contribution is 2.18. The van der Waals surface area contributed by atoms with Crippen molar-refractivity contribution in [3.63, 3.8) is 0 Å². The van der Waals surface area contributed by atoms with E-state index in [2.05, 4.69) is 0 Å². The zero-order valence-electron chi connectivity index (χ0n) is 11.4. The van der Waals surface area contributed by atoms with E-state index in [1.807, 2.05) is 12.1 Å². The maximum atomic E-state index is 11.2. The van der Waals surface area contributed by atoms with Gasteiger partial charge >= 0.3 is 0 Å². The Balaban J connectivity index is 1.75. The second-order valence-electron chi connectivity index (χ2n) is 4.36. The maximum Gasteiger partial charge on any atom is 0.252 e. The zero-order chi connectivity index (χ0) is 15.1. The number of carbonyl (C=O) groups excluding carboxylic acids is 1. The minimum absolute atomic E-state index is 0.385. The van der Waals surface area contributed by atoms with Gasteiger partial charge in [0.25, 0.3) is 5.91 Å². The molecule has 0 aromatic heterocycles. The van der Waals surface area contributed by atoms with Gasteiger partial charge in [-0.1, -0.05) is 23.7 Å². The number of hydrogen-bond donors (Lipinski definition) is 1. The lowest BCUT2D eigenvalue weighted by molar-refractivity contribution is 0.0996. The van der Waals surface area contributed by atoms with Crippen LogP contribution in [0.25, 0.3) is 0 Å². The molecule has 21 heavy (non-hydrogen) atoms. The Morgan fingerprint density at radius 3 is 2.38 bits per heavy atom. The topological polar surface area (TPSA) is 61.6 Å². The first kappa shape index (κ1) is 15.2. The number of primary amides is 1. The average molecular weight is 306 g/mol. The van der Waals surface area contributed by atoms with Crippen LogP contribution in [0.15, 0.2) is 48.5 Å². The lowest BCUT2D eigenvalue weighted by atomic mass is 10.2. The van der Waals surface area contributed by atoms with Gasteiger partial charge in [-0.3, -0.25) is 4.79 Å². The summed E-state index contributed by atoms with van der Waals surface area (Å²) in [7, 11) is 0. The number of ether oxygens (including phenoxy) is 2. The zero-order valence-corrected chi connectivity index (χ0v) is 12.2. The van der Waals surface area contributed by atoms with Crippen LogP contribution >= 0.6 is 11.6 Å². The lowest BCUT2D eigenvalue weighted by Crippen LogP contribution is -2.13. The lowest BCUT2D eigenvalue weighted by Gasteiger charge is -2.10. The highest BCUT2D eigenvalue weighted by Gasteiger charge is 2.07. The van der Waals surface area contributed by atoms with Gasteiger partial charge in [-0.25, -0.2) is 0 Å². The standard InChI is InChI=1S/C16H16ClNO3/c17-12-6-8-13(9-7-12)20-10-3-11-21-15-5-2-1-4-14(15)16(18)19/h1-2,4-9H,3,10-11H2,(H2,18,19). The van der Waals surface area contributed by atoms with Crippen molar-refractivity contribution in [1.29, 1.82) is 0 Å². The third kappa shape index (κ3) is 4.68. The predicted molar refractivity (Wildman–Crippen MR) is 82.0 cm³/mol. The van der Waals surface area contributed by atoms with Gasteiger partial charge in [-0.15, -0.1) is 0 Å². The molecule has 0 heterocycles. The summed E-state index contributed by atoms with van der Waals surface area (Å²) in [4.78, 5) is 11.2. The fraction of sp³-hybridized carbons (Fsp3) is 0.188. The first-order valence-electron chi connectivity index (χ1n) is 6.57. The van der Waals surface area contributed by atoms with E-state index in [-0.39, 0.29) is 0 Å². The summed E-state index contributed by atoms with van der Waals surface area (Å²) >= 11 is 5.79. The molecule has 0 unspecified atom stereocenters. The van der Waals surface area contributed by atoms with E-state index in [0.717, 1.165) is 5.75 Å². The summed E-state index contributed by atoms with van der Waals surface area (Å²) in [6.45, 7) is 0.957. The van der Waals surface area contributed by atoms with Gasteiger partial charge in [-0.2, -0.15) is 0 Å². The largest absolute Gasteiger partial charge is 0.493 e. The average Bonchev–Trinajstić information content (AvgIpc) is 2.49. The van der Waals surface area contributed by atoms with Crippen LogP contribution in [0, 0.1) is 0 Å². The molecular weight excluding hydrogens is 290 g/mol. The van der Waals surface area contributed by atoms with Crippen LogP contribution < -0.4 is 15.2 Å². The molecule has 2 aromatic rings. The van der Waals surface area contributed by atoms with Crippen LogP contribution in [0.2, 0.25) is 5.02 Å². The quantitative estimate of drug-likeness (QED) is 0.798. The molecule has 0 aliphatic heterocycles. The van der Waals surface area contributed by atoms with Gasteiger partial charge in [0, 0.05) is 11.4 Å². The van der Waals surface area contributed by atoms with E-state index in [0.29, 0.717) is 36.0 Å². The molecule has 5 heteroatoms. The Kier molecular flexibility index (Phi) is 5.46. The van der Waals surface area contributed by atoms with Crippen molar-refractivity contribution in [1.82, 2.24) is 0 Å². The van der Waals surface area contributed by atoms with Gasteiger partial charge in [0.15, 0.2) is 0 Å². The highest BCUT2D eigenvalue weighted by molar-refractivity contribution is 6.30. The number of carbonyl (C=O) groups is 1. The van der Waals surface area contributed by atoms with Crippen molar-refractivity contribution in [3.8, 4) is 11.5 Å². The summed E-state index contributed by atoms with van der Waals surface area (Å²) < 4.78 is 11.1. The minimum Gasteiger partial charge on any atom is -0.493 e. The number of hydrogen-bond acceptors (Lipinski definition) is 3. The summed E-state index contributed by atoms with van der Waals surface area (Å²) in [5.41, 5.74) is 5.66. The Morgan fingerprint density at radius 2 is 1.67 bits per heavy atom. The van der Waals surface area contributed by atoms with E-state index < -0.39 is 5.91 Å². The van der Waals surface area contributed by atoms with Gasteiger partial charge in [0.1, 0.15) is 11.5 Å². The summed E-state index contributed by atoms with van der Waals surface area (Å²) in [6.07, 6.45) is 0.690. The Morgan fingerprint density at radius 1 is 1.00 bits per heavy atom. The van der Waals surface area contributed by atoms with Crippen molar-refractivity contribution in [2.75, 3.05) is 13.2 Å². The summed E-state index contributed by atoms with van der Waals surface area (Å²) in [6, 6.07) is 14.1. The van der Waals surface area contributed by atoms with Crippen molar-refractivity contribution < 1.29 is 14.3 Å². The molecular formula is C16H16ClNO3. The molecule has 0 atom stereocenters. The SMILES string of the molecule is NC(=O)c1ccccc1OCCCOc1ccc(Cl)cc1. The molecule has 0 bridgehead atoms. The fourth-order valence-electron chi connectivity index (χ4n) is 1.76. The molecule has 1 amide bonds. The van der Waals surface area contributed by atoms with Gasteiger partial charge in [0.05, 0.1) is 18.8 Å². The molecule has 0 aliphatic carbocycles. The summed E-state index contributed by atoms with van der Waals surface area (Å²) in [5, 5.41) is 0.675. The van der Waals surface area contributed by atoms with E-state index in [9.17, 15) is 4.79 Å². The van der Waals surface area contributed by atoms with Crippen LogP contribution in [0.5, 0.6) is 11.5 Å². The van der Waals surface area contributed by atoms with Crippen LogP contribution in [-0.4, -0.2) is 19.1 Å². The molecule has 0 aliphatic rings. The van der Waals surface area contributed by atoms with Crippen molar-refractivity contribution >= 4 is 17.5 Å². The number of para-hydroxylation sites is 1. The number of rotatable bonds is 7. The van der Waals surface area contributed by atoms with Crippen LogP contribution in [0.3, 0.4) is 0 Å². The molecule has 0 saturated heterocycles. The number of benzene rings is 2. The predicted octanol–water partition coefficient (Wildman–Crippen LogP) is 3.29. The second kappa shape index (κ2) is 7.55. The minimum atomic E-state index is -0.497. The molecule has 2 rings (SSSR count). The molecule has 0 radical (unpaired) electrons. The van der Waals surface area contributed by atoms with Crippen molar-refractivity contribution in [3.05, 3.63) is 59.1 Å². The highest BCUT2D eigenvalue weighted by atomic mass is 35.5. The molecule has 0 fully saturated rings. The van der Waals surface area contributed by atoms with E-state index in [4.69, 9.17) is 26.8 Å².